The molecule has 0 aromatic heterocycles. The van der Waals surface area contributed by atoms with Crippen molar-refractivity contribution < 1.29 is 17.9 Å². The second kappa shape index (κ2) is 8.43. The number of rotatable bonds is 6. The maximum atomic E-state index is 12.7. The van der Waals surface area contributed by atoms with Gasteiger partial charge in [-0.3, -0.25) is 0 Å². The van der Waals surface area contributed by atoms with Gasteiger partial charge in [-0.05, 0) is 24.1 Å². The van der Waals surface area contributed by atoms with E-state index in [0.717, 1.165) is 5.56 Å². The Morgan fingerprint density at radius 2 is 1.88 bits per heavy atom. The molecule has 1 heterocycles. The van der Waals surface area contributed by atoms with Gasteiger partial charge in [-0.25, -0.2) is 13.1 Å². The van der Waals surface area contributed by atoms with Gasteiger partial charge >= 0.3 is 0 Å². The van der Waals surface area contributed by atoms with Crippen LogP contribution in [0.5, 0.6) is 0 Å². The first-order valence-electron chi connectivity index (χ1n) is 8.35. The summed E-state index contributed by atoms with van der Waals surface area (Å²) in [4.78, 5) is -0.0178. The lowest BCUT2D eigenvalue weighted by atomic mass is 10.1. The highest BCUT2D eigenvalue weighted by atomic mass is 32.2. The molecule has 0 bridgehead atoms. The van der Waals surface area contributed by atoms with Gasteiger partial charge in [0.05, 0.1) is 35.8 Å². The maximum Gasteiger partial charge on any atom is 0.242 e. The molecule has 3 rings (SSSR count). The molecule has 0 spiro atoms. The Morgan fingerprint density at radius 3 is 2.65 bits per heavy atom. The van der Waals surface area contributed by atoms with Gasteiger partial charge in [0.1, 0.15) is 6.07 Å². The Morgan fingerprint density at radius 1 is 1.15 bits per heavy atom. The molecule has 0 unspecified atom stereocenters. The standard InChI is InChI=1S/C19H20N2O4S/c20-12-16-8-4-5-9-19(16)26(22,23)21-17-10-11-24-14-18(17)25-13-15-6-2-1-3-7-15/h1-9,17-18,21H,10-11,13-14H2/t17-,18-/m1/s1. The predicted octanol–water partition coefficient (Wildman–Crippen LogP) is 2.21. The van der Waals surface area contributed by atoms with Gasteiger partial charge in [0.15, 0.2) is 0 Å². The average Bonchev–Trinajstić information content (AvgIpc) is 2.68. The summed E-state index contributed by atoms with van der Waals surface area (Å²) in [6.07, 6.45) is 0.112. The third-order valence-electron chi connectivity index (χ3n) is 4.21. The minimum Gasteiger partial charge on any atom is -0.379 e. The summed E-state index contributed by atoms with van der Waals surface area (Å²) in [7, 11) is -3.83. The molecular weight excluding hydrogens is 352 g/mol. The number of nitrogens with one attached hydrogen (secondary N) is 1. The average molecular weight is 372 g/mol. The van der Waals surface area contributed by atoms with E-state index in [1.165, 1.54) is 12.1 Å². The highest BCUT2D eigenvalue weighted by Gasteiger charge is 2.31. The van der Waals surface area contributed by atoms with E-state index in [1.807, 2.05) is 36.4 Å². The van der Waals surface area contributed by atoms with Crippen molar-refractivity contribution in [3.63, 3.8) is 0 Å². The Kier molecular flexibility index (Phi) is 6.01. The number of ether oxygens (including phenoxy) is 2. The molecule has 6 nitrogen and oxygen atoms in total. The van der Waals surface area contributed by atoms with E-state index >= 15 is 0 Å². The van der Waals surface area contributed by atoms with Gasteiger partial charge in [0.25, 0.3) is 0 Å². The summed E-state index contributed by atoms with van der Waals surface area (Å²) < 4.78 is 39.5. The molecule has 0 radical (unpaired) electrons. The molecule has 1 aliphatic heterocycles. The van der Waals surface area contributed by atoms with Crippen LogP contribution in [-0.2, 0) is 26.1 Å². The van der Waals surface area contributed by atoms with Crippen molar-refractivity contribution in [1.82, 2.24) is 4.72 Å². The zero-order chi connectivity index (χ0) is 18.4. The van der Waals surface area contributed by atoms with Crippen molar-refractivity contribution in [1.29, 1.82) is 5.26 Å². The van der Waals surface area contributed by atoms with Crippen LogP contribution in [0.15, 0.2) is 59.5 Å². The molecule has 1 fully saturated rings. The van der Waals surface area contributed by atoms with E-state index in [-0.39, 0.29) is 10.5 Å². The fourth-order valence-electron chi connectivity index (χ4n) is 2.84. The van der Waals surface area contributed by atoms with E-state index in [1.54, 1.807) is 12.1 Å². The maximum absolute atomic E-state index is 12.7. The normalized spacial score (nSPS) is 20.4. The fourth-order valence-corrected chi connectivity index (χ4v) is 4.30. The molecule has 26 heavy (non-hydrogen) atoms. The van der Waals surface area contributed by atoms with Crippen LogP contribution in [0.25, 0.3) is 0 Å². The van der Waals surface area contributed by atoms with Crippen LogP contribution in [-0.4, -0.2) is 33.8 Å². The molecule has 1 saturated heterocycles. The van der Waals surface area contributed by atoms with Crippen LogP contribution in [0.2, 0.25) is 0 Å². The monoisotopic (exact) mass is 372 g/mol. The fraction of sp³-hybridized carbons (Fsp3) is 0.316. The first-order valence-corrected chi connectivity index (χ1v) is 9.83. The molecule has 0 aliphatic carbocycles. The zero-order valence-electron chi connectivity index (χ0n) is 14.2. The van der Waals surface area contributed by atoms with Crippen molar-refractivity contribution in [3.8, 4) is 6.07 Å². The first kappa shape index (κ1) is 18.5. The topological polar surface area (TPSA) is 88.4 Å². The van der Waals surface area contributed by atoms with Crippen LogP contribution in [0.4, 0.5) is 0 Å². The SMILES string of the molecule is N#Cc1ccccc1S(=O)(=O)N[C@@H]1CCOC[C@H]1OCc1ccccc1. The van der Waals surface area contributed by atoms with Crippen LogP contribution in [0.3, 0.4) is 0 Å². The van der Waals surface area contributed by atoms with Crippen LogP contribution in [0.1, 0.15) is 17.5 Å². The largest absolute Gasteiger partial charge is 0.379 e. The lowest BCUT2D eigenvalue weighted by Crippen LogP contribution is -2.49. The number of nitrogens with zero attached hydrogens (tertiary/aromatic N) is 1. The summed E-state index contributed by atoms with van der Waals surface area (Å²) >= 11 is 0. The molecule has 136 valence electrons. The number of hydrogen-bond donors (Lipinski definition) is 1. The molecular formula is C19H20N2O4S. The smallest absolute Gasteiger partial charge is 0.242 e. The van der Waals surface area contributed by atoms with Gasteiger partial charge < -0.3 is 9.47 Å². The molecule has 1 N–H and O–H groups in total. The Balaban J connectivity index is 1.72. The number of benzene rings is 2. The number of sulfonamides is 1. The zero-order valence-corrected chi connectivity index (χ0v) is 15.0. The lowest BCUT2D eigenvalue weighted by Gasteiger charge is -2.32. The first-order chi connectivity index (χ1) is 12.6. The molecule has 1 aliphatic rings. The minimum absolute atomic E-state index is 0.0178. The van der Waals surface area contributed by atoms with Gasteiger partial charge in [0.2, 0.25) is 10.0 Å². The second-order valence-electron chi connectivity index (χ2n) is 6.03. The van der Waals surface area contributed by atoms with E-state index in [4.69, 9.17) is 14.7 Å². The predicted molar refractivity (Wildman–Crippen MR) is 95.7 cm³/mol. The molecule has 2 aromatic carbocycles. The van der Waals surface area contributed by atoms with E-state index in [2.05, 4.69) is 4.72 Å². The van der Waals surface area contributed by atoms with E-state index < -0.39 is 22.2 Å². The number of hydrogen-bond acceptors (Lipinski definition) is 5. The molecule has 2 atom stereocenters. The Bertz CT molecular complexity index is 878. The second-order valence-corrected chi connectivity index (χ2v) is 7.72. The van der Waals surface area contributed by atoms with Gasteiger partial charge in [-0.15, -0.1) is 0 Å². The third kappa shape index (κ3) is 4.48. The van der Waals surface area contributed by atoms with Crippen molar-refractivity contribution in [2.24, 2.45) is 0 Å². The minimum atomic E-state index is -3.83. The van der Waals surface area contributed by atoms with E-state index in [9.17, 15) is 8.42 Å². The highest BCUT2D eigenvalue weighted by molar-refractivity contribution is 7.89. The molecule has 2 aromatic rings. The lowest BCUT2D eigenvalue weighted by molar-refractivity contribution is -0.0711. The van der Waals surface area contributed by atoms with Gasteiger partial charge in [-0.1, -0.05) is 42.5 Å². The molecule has 7 heteroatoms. The molecule has 0 saturated carbocycles. The summed E-state index contributed by atoms with van der Waals surface area (Å²) in [5.74, 6) is 0. The Hall–Kier alpha value is -2.24. The van der Waals surface area contributed by atoms with E-state index in [0.29, 0.717) is 26.2 Å². The van der Waals surface area contributed by atoms with Crippen molar-refractivity contribution >= 4 is 10.0 Å². The summed E-state index contributed by atoms with van der Waals surface area (Å²) in [5.41, 5.74) is 1.13. The summed E-state index contributed by atoms with van der Waals surface area (Å²) in [6.45, 7) is 1.15. The van der Waals surface area contributed by atoms with Crippen LogP contribution < -0.4 is 4.72 Å². The van der Waals surface area contributed by atoms with Crippen LogP contribution in [0, 0.1) is 11.3 Å². The summed E-state index contributed by atoms with van der Waals surface area (Å²) in [6, 6.07) is 17.3. The van der Waals surface area contributed by atoms with Crippen molar-refractivity contribution in [2.75, 3.05) is 13.2 Å². The van der Waals surface area contributed by atoms with Crippen molar-refractivity contribution in [3.05, 3.63) is 65.7 Å². The van der Waals surface area contributed by atoms with Crippen LogP contribution >= 0.6 is 0 Å². The quantitative estimate of drug-likeness (QED) is 0.840. The Labute approximate surface area is 153 Å². The highest BCUT2D eigenvalue weighted by Crippen LogP contribution is 2.19. The third-order valence-corrected chi connectivity index (χ3v) is 5.76. The van der Waals surface area contributed by atoms with Gasteiger partial charge in [-0.2, -0.15) is 5.26 Å². The summed E-state index contributed by atoms with van der Waals surface area (Å²) in [5, 5.41) is 9.16. The molecule has 0 amide bonds. The van der Waals surface area contributed by atoms with Crippen molar-refractivity contribution in [2.45, 2.75) is 30.1 Å². The number of nitriles is 1. The van der Waals surface area contributed by atoms with Gasteiger partial charge in [0, 0.05) is 6.61 Å².